The third-order valence-electron chi connectivity index (χ3n) is 2.74. The van der Waals surface area contributed by atoms with E-state index in [0.29, 0.717) is 11.6 Å². The predicted octanol–water partition coefficient (Wildman–Crippen LogP) is 2.98. The van der Waals surface area contributed by atoms with Crippen LogP contribution in [-0.4, -0.2) is 6.61 Å². The minimum Gasteiger partial charge on any atom is -0.492 e. The van der Waals surface area contributed by atoms with Crippen LogP contribution in [0.3, 0.4) is 0 Å². The maximum atomic E-state index is 6.06. The van der Waals surface area contributed by atoms with E-state index in [1.54, 1.807) is 0 Å². The SMILES string of the molecule is NCc1cccc(Cl)c1OCCC1CC1. The Hall–Kier alpha value is -0.730. The molecule has 1 aromatic carbocycles. The summed E-state index contributed by atoms with van der Waals surface area (Å²) in [6.07, 6.45) is 3.85. The van der Waals surface area contributed by atoms with E-state index in [9.17, 15) is 0 Å². The van der Waals surface area contributed by atoms with E-state index in [2.05, 4.69) is 0 Å². The molecule has 0 spiro atoms. The molecule has 0 amide bonds. The number of hydrogen-bond donors (Lipinski definition) is 1. The molecule has 1 fully saturated rings. The lowest BCUT2D eigenvalue weighted by Gasteiger charge is -2.11. The minimum absolute atomic E-state index is 0.472. The zero-order valence-electron chi connectivity index (χ0n) is 8.71. The summed E-state index contributed by atoms with van der Waals surface area (Å²) in [6.45, 7) is 1.22. The number of nitrogens with two attached hydrogens (primary N) is 1. The van der Waals surface area contributed by atoms with Crippen LogP contribution >= 0.6 is 11.6 Å². The quantitative estimate of drug-likeness (QED) is 0.836. The second-order valence-corrected chi connectivity index (χ2v) is 4.42. The van der Waals surface area contributed by atoms with Crippen LogP contribution in [0.4, 0.5) is 0 Å². The molecule has 1 aliphatic carbocycles. The Bertz CT molecular complexity index is 336. The number of hydrogen-bond acceptors (Lipinski definition) is 2. The van der Waals surface area contributed by atoms with Crippen LogP contribution in [0.1, 0.15) is 24.8 Å². The van der Waals surface area contributed by atoms with Gasteiger partial charge < -0.3 is 10.5 Å². The van der Waals surface area contributed by atoms with E-state index in [0.717, 1.165) is 30.3 Å². The predicted molar refractivity (Wildman–Crippen MR) is 62.2 cm³/mol. The summed E-state index contributed by atoms with van der Waals surface area (Å²) in [5.41, 5.74) is 6.61. The molecular formula is C12H16ClNO. The highest BCUT2D eigenvalue weighted by molar-refractivity contribution is 6.32. The van der Waals surface area contributed by atoms with E-state index in [4.69, 9.17) is 22.1 Å². The molecule has 1 aromatic rings. The van der Waals surface area contributed by atoms with Crippen molar-refractivity contribution in [2.24, 2.45) is 11.7 Å². The smallest absolute Gasteiger partial charge is 0.142 e. The van der Waals surface area contributed by atoms with Gasteiger partial charge in [0.15, 0.2) is 0 Å². The fourth-order valence-corrected chi connectivity index (χ4v) is 1.86. The molecule has 3 heteroatoms. The summed E-state index contributed by atoms with van der Waals surface area (Å²) in [7, 11) is 0. The first-order valence-corrected chi connectivity index (χ1v) is 5.79. The largest absolute Gasteiger partial charge is 0.492 e. The van der Waals surface area contributed by atoms with Crippen molar-refractivity contribution in [3.63, 3.8) is 0 Å². The number of para-hydroxylation sites is 1. The van der Waals surface area contributed by atoms with Crippen LogP contribution in [0.25, 0.3) is 0 Å². The fraction of sp³-hybridized carbons (Fsp3) is 0.500. The van der Waals surface area contributed by atoms with Gasteiger partial charge in [0.2, 0.25) is 0 Å². The van der Waals surface area contributed by atoms with Gasteiger partial charge in [0.1, 0.15) is 5.75 Å². The Morgan fingerprint density at radius 3 is 2.87 bits per heavy atom. The molecular weight excluding hydrogens is 210 g/mol. The third kappa shape index (κ3) is 2.86. The maximum absolute atomic E-state index is 6.06. The monoisotopic (exact) mass is 225 g/mol. The lowest BCUT2D eigenvalue weighted by Crippen LogP contribution is -2.04. The molecule has 0 bridgehead atoms. The zero-order chi connectivity index (χ0) is 10.7. The average Bonchev–Trinajstić information content (AvgIpc) is 3.04. The van der Waals surface area contributed by atoms with E-state index in [1.807, 2.05) is 18.2 Å². The first kappa shape index (κ1) is 10.8. The third-order valence-corrected chi connectivity index (χ3v) is 3.04. The second kappa shape index (κ2) is 4.86. The summed E-state index contributed by atoms with van der Waals surface area (Å²) in [5, 5.41) is 0.661. The van der Waals surface area contributed by atoms with Crippen LogP contribution in [0.2, 0.25) is 5.02 Å². The average molecular weight is 226 g/mol. The molecule has 0 saturated heterocycles. The van der Waals surface area contributed by atoms with Gasteiger partial charge in [-0.3, -0.25) is 0 Å². The Kier molecular flexibility index (Phi) is 3.49. The van der Waals surface area contributed by atoms with Crippen LogP contribution < -0.4 is 10.5 Å². The molecule has 15 heavy (non-hydrogen) atoms. The molecule has 2 N–H and O–H groups in total. The second-order valence-electron chi connectivity index (χ2n) is 4.01. The van der Waals surface area contributed by atoms with Gasteiger partial charge in [-0.15, -0.1) is 0 Å². The van der Waals surface area contributed by atoms with Crippen molar-refractivity contribution >= 4 is 11.6 Å². The Morgan fingerprint density at radius 1 is 1.40 bits per heavy atom. The molecule has 0 unspecified atom stereocenters. The highest BCUT2D eigenvalue weighted by Gasteiger charge is 2.21. The van der Waals surface area contributed by atoms with Crippen molar-refractivity contribution in [3.8, 4) is 5.75 Å². The number of ether oxygens (including phenoxy) is 1. The molecule has 2 nitrogen and oxygen atoms in total. The van der Waals surface area contributed by atoms with Gasteiger partial charge in [-0.25, -0.2) is 0 Å². The number of rotatable bonds is 5. The van der Waals surface area contributed by atoms with Crippen molar-refractivity contribution in [2.75, 3.05) is 6.61 Å². The zero-order valence-corrected chi connectivity index (χ0v) is 9.46. The maximum Gasteiger partial charge on any atom is 0.142 e. The van der Waals surface area contributed by atoms with Gasteiger partial charge in [-0.05, 0) is 18.4 Å². The highest BCUT2D eigenvalue weighted by Crippen LogP contribution is 2.33. The van der Waals surface area contributed by atoms with Gasteiger partial charge in [0.05, 0.1) is 11.6 Å². The molecule has 1 saturated carbocycles. The number of halogens is 1. The van der Waals surface area contributed by atoms with Crippen LogP contribution in [0.15, 0.2) is 18.2 Å². The lowest BCUT2D eigenvalue weighted by molar-refractivity contribution is 0.300. The molecule has 0 aromatic heterocycles. The highest BCUT2D eigenvalue weighted by atomic mass is 35.5. The van der Waals surface area contributed by atoms with Crippen molar-refractivity contribution < 1.29 is 4.74 Å². The summed E-state index contributed by atoms with van der Waals surface area (Å²) < 4.78 is 5.70. The van der Waals surface area contributed by atoms with E-state index in [1.165, 1.54) is 12.8 Å². The molecule has 0 aliphatic heterocycles. The topological polar surface area (TPSA) is 35.2 Å². The lowest BCUT2D eigenvalue weighted by atomic mass is 10.2. The molecule has 82 valence electrons. The molecule has 0 atom stereocenters. The van der Waals surface area contributed by atoms with Gasteiger partial charge in [0, 0.05) is 12.1 Å². The Labute approximate surface area is 95.4 Å². The first-order chi connectivity index (χ1) is 7.31. The molecule has 0 radical (unpaired) electrons. The molecule has 0 heterocycles. The molecule has 2 rings (SSSR count). The molecule has 1 aliphatic rings. The van der Waals surface area contributed by atoms with E-state index < -0.39 is 0 Å². The van der Waals surface area contributed by atoms with E-state index >= 15 is 0 Å². The van der Waals surface area contributed by atoms with Crippen LogP contribution in [-0.2, 0) is 6.54 Å². The first-order valence-electron chi connectivity index (χ1n) is 5.41. The van der Waals surface area contributed by atoms with Crippen molar-refractivity contribution in [1.82, 2.24) is 0 Å². The standard InChI is InChI=1S/C12H16ClNO/c13-11-3-1-2-10(8-14)12(11)15-7-6-9-4-5-9/h1-3,9H,4-8,14H2. The van der Waals surface area contributed by atoms with Crippen molar-refractivity contribution in [2.45, 2.75) is 25.8 Å². The summed E-state index contributed by atoms with van der Waals surface area (Å²) in [5.74, 6) is 1.65. The van der Waals surface area contributed by atoms with E-state index in [-0.39, 0.29) is 0 Å². The van der Waals surface area contributed by atoms with Gasteiger partial charge >= 0.3 is 0 Å². The Morgan fingerprint density at radius 2 is 2.20 bits per heavy atom. The number of benzene rings is 1. The summed E-state index contributed by atoms with van der Waals surface area (Å²) >= 11 is 6.06. The summed E-state index contributed by atoms with van der Waals surface area (Å²) in [6, 6.07) is 5.70. The van der Waals surface area contributed by atoms with Gasteiger partial charge in [-0.2, -0.15) is 0 Å². The van der Waals surface area contributed by atoms with Gasteiger partial charge in [-0.1, -0.05) is 36.6 Å². The van der Waals surface area contributed by atoms with Crippen LogP contribution in [0.5, 0.6) is 5.75 Å². The fourth-order valence-electron chi connectivity index (χ4n) is 1.61. The van der Waals surface area contributed by atoms with Crippen molar-refractivity contribution in [3.05, 3.63) is 28.8 Å². The van der Waals surface area contributed by atoms with Crippen molar-refractivity contribution in [1.29, 1.82) is 0 Å². The summed E-state index contributed by atoms with van der Waals surface area (Å²) in [4.78, 5) is 0. The Balaban J connectivity index is 1.97. The van der Waals surface area contributed by atoms with Gasteiger partial charge in [0.25, 0.3) is 0 Å². The minimum atomic E-state index is 0.472. The van der Waals surface area contributed by atoms with Crippen LogP contribution in [0, 0.1) is 5.92 Å². The normalized spacial score (nSPS) is 15.3.